The fraction of sp³-hybridized carbons (Fsp3) is 0.222. The third kappa shape index (κ3) is 2.87. The fourth-order valence-corrected chi connectivity index (χ4v) is 3.03. The number of rotatable bonds is 5. The number of nitrogens with two attached hydrogens (primary N) is 1. The maximum absolute atomic E-state index is 13.2. The van der Waals surface area contributed by atoms with Gasteiger partial charge >= 0.3 is 0 Å². The summed E-state index contributed by atoms with van der Waals surface area (Å²) in [4.78, 5) is 3.41. The summed E-state index contributed by atoms with van der Waals surface area (Å²) in [5.41, 5.74) is 9.74. The van der Waals surface area contributed by atoms with Crippen LogP contribution >= 0.6 is 11.6 Å². The van der Waals surface area contributed by atoms with Crippen LogP contribution in [0.15, 0.2) is 42.5 Å². The minimum absolute atomic E-state index is 0.234. The lowest BCUT2D eigenvalue weighted by molar-refractivity contribution is 0.628. The van der Waals surface area contributed by atoms with Crippen molar-refractivity contribution in [1.82, 2.24) is 4.98 Å². The van der Waals surface area contributed by atoms with Gasteiger partial charge < -0.3 is 10.7 Å². The van der Waals surface area contributed by atoms with Gasteiger partial charge in [0.05, 0.1) is 10.5 Å². The number of benzene rings is 2. The molecule has 0 fully saturated rings. The zero-order valence-electron chi connectivity index (χ0n) is 12.2. The summed E-state index contributed by atoms with van der Waals surface area (Å²) in [6.07, 6.45) is 2.92. The highest BCUT2D eigenvalue weighted by atomic mass is 35.5. The molecule has 114 valence electrons. The maximum atomic E-state index is 13.2. The zero-order chi connectivity index (χ0) is 15.5. The van der Waals surface area contributed by atoms with Crippen LogP contribution in [-0.2, 0) is 6.42 Å². The van der Waals surface area contributed by atoms with Crippen LogP contribution in [0.5, 0.6) is 0 Å². The summed E-state index contributed by atoms with van der Waals surface area (Å²) < 4.78 is 13.2. The van der Waals surface area contributed by atoms with E-state index >= 15 is 0 Å². The standard InChI is InChI=1S/C18H18ClFN2/c19-16-6-3-5-15-14(4-1-2-11-21)17(22-18(15)16)12-7-9-13(20)10-8-12/h3,5-10,22H,1-2,4,11,21H2. The van der Waals surface area contributed by atoms with Crippen molar-refractivity contribution < 1.29 is 4.39 Å². The molecule has 0 unspecified atom stereocenters. The highest BCUT2D eigenvalue weighted by Gasteiger charge is 2.14. The number of aromatic amines is 1. The summed E-state index contributed by atoms with van der Waals surface area (Å²) in [5, 5.41) is 1.83. The Kier molecular flexibility index (Phi) is 4.46. The van der Waals surface area contributed by atoms with Gasteiger partial charge in [0.2, 0.25) is 0 Å². The fourth-order valence-electron chi connectivity index (χ4n) is 2.81. The number of hydrogen-bond acceptors (Lipinski definition) is 1. The van der Waals surface area contributed by atoms with Crippen molar-refractivity contribution in [2.75, 3.05) is 6.54 Å². The van der Waals surface area contributed by atoms with E-state index in [1.165, 1.54) is 17.7 Å². The monoisotopic (exact) mass is 316 g/mol. The molecule has 22 heavy (non-hydrogen) atoms. The molecular formula is C18H18ClFN2. The average molecular weight is 317 g/mol. The van der Waals surface area contributed by atoms with Gasteiger partial charge in [-0.2, -0.15) is 0 Å². The molecule has 2 aromatic carbocycles. The predicted octanol–water partition coefficient (Wildman–Crippen LogP) is 4.91. The van der Waals surface area contributed by atoms with Crippen molar-refractivity contribution in [3.8, 4) is 11.3 Å². The molecule has 2 nitrogen and oxygen atoms in total. The van der Waals surface area contributed by atoms with Crippen molar-refractivity contribution in [3.05, 3.63) is 58.9 Å². The first-order valence-corrected chi connectivity index (χ1v) is 7.83. The molecule has 0 radical (unpaired) electrons. The second-order valence-corrected chi connectivity index (χ2v) is 5.80. The van der Waals surface area contributed by atoms with Gasteiger partial charge in [0.15, 0.2) is 0 Å². The number of aryl methyl sites for hydroxylation is 1. The molecular weight excluding hydrogens is 299 g/mol. The number of hydrogen-bond donors (Lipinski definition) is 2. The summed E-state index contributed by atoms with van der Waals surface area (Å²) in [6.45, 7) is 0.689. The number of unbranched alkanes of at least 4 members (excludes halogenated alkanes) is 1. The molecule has 0 saturated heterocycles. The van der Waals surface area contributed by atoms with Crippen LogP contribution in [0.1, 0.15) is 18.4 Å². The molecule has 0 saturated carbocycles. The van der Waals surface area contributed by atoms with E-state index in [1.54, 1.807) is 12.1 Å². The van der Waals surface area contributed by atoms with Crippen LogP contribution in [0.4, 0.5) is 4.39 Å². The Bertz CT molecular complexity index is 778. The van der Waals surface area contributed by atoms with E-state index in [2.05, 4.69) is 11.1 Å². The molecule has 3 aromatic rings. The molecule has 0 atom stereocenters. The highest BCUT2D eigenvalue weighted by Crippen LogP contribution is 2.34. The van der Waals surface area contributed by atoms with Crippen LogP contribution in [0.3, 0.4) is 0 Å². The predicted molar refractivity (Wildman–Crippen MR) is 90.7 cm³/mol. The Hall–Kier alpha value is -1.84. The Morgan fingerprint density at radius 3 is 2.55 bits per heavy atom. The second kappa shape index (κ2) is 6.51. The molecule has 1 heterocycles. The molecule has 0 amide bonds. The number of halogens is 2. The van der Waals surface area contributed by atoms with Gasteiger partial charge in [0.1, 0.15) is 5.82 Å². The number of para-hydroxylation sites is 1. The Balaban J connectivity index is 2.12. The molecule has 1 aromatic heterocycles. The Labute approximate surface area is 134 Å². The lowest BCUT2D eigenvalue weighted by atomic mass is 10.0. The largest absolute Gasteiger partial charge is 0.353 e. The van der Waals surface area contributed by atoms with Crippen molar-refractivity contribution in [2.45, 2.75) is 19.3 Å². The molecule has 0 bridgehead atoms. The quantitative estimate of drug-likeness (QED) is 0.645. The lowest BCUT2D eigenvalue weighted by Crippen LogP contribution is -1.99. The van der Waals surface area contributed by atoms with Crippen LogP contribution in [0, 0.1) is 5.82 Å². The summed E-state index contributed by atoms with van der Waals surface area (Å²) >= 11 is 6.31. The minimum atomic E-state index is -0.234. The first-order valence-electron chi connectivity index (χ1n) is 7.46. The first kappa shape index (κ1) is 15.1. The van der Waals surface area contributed by atoms with Gasteiger partial charge in [0.25, 0.3) is 0 Å². The van der Waals surface area contributed by atoms with Gasteiger partial charge in [-0.25, -0.2) is 4.39 Å². The van der Waals surface area contributed by atoms with Gasteiger partial charge in [-0.1, -0.05) is 23.7 Å². The van der Waals surface area contributed by atoms with E-state index in [1.807, 2.05) is 12.1 Å². The lowest BCUT2D eigenvalue weighted by Gasteiger charge is -2.05. The van der Waals surface area contributed by atoms with Gasteiger partial charge in [-0.3, -0.25) is 0 Å². The smallest absolute Gasteiger partial charge is 0.123 e. The van der Waals surface area contributed by atoms with Crippen LogP contribution < -0.4 is 5.73 Å². The van der Waals surface area contributed by atoms with Crippen molar-refractivity contribution in [3.63, 3.8) is 0 Å². The zero-order valence-corrected chi connectivity index (χ0v) is 13.0. The number of nitrogens with one attached hydrogen (secondary N) is 1. The SMILES string of the molecule is NCCCCc1c(-c2ccc(F)cc2)[nH]c2c(Cl)cccc12. The van der Waals surface area contributed by atoms with Gasteiger partial charge in [0, 0.05) is 11.1 Å². The average Bonchev–Trinajstić information content (AvgIpc) is 2.89. The molecule has 4 heteroatoms. The highest BCUT2D eigenvalue weighted by molar-refractivity contribution is 6.35. The second-order valence-electron chi connectivity index (χ2n) is 5.39. The third-order valence-electron chi connectivity index (χ3n) is 3.90. The van der Waals surface area contributed by atoms with Crippen molar-refractivity contribution >= 4 is 22.5 Å². The molecule has 3 N–H and O–H groups in total. The number of fused-ring (bicyclic) bond motifs is 1. The van der Waals surface area contributed by atoms with Crippen LogP contribution in [0.25, 0.3) is 22.2 Å². The normalized spacial score (nSPS) is 11.2. The number of aromatic nitrogens is 1. The van der Waals surface area contributed by atoms with Crippen molar-refractivity contribution in [2.24, 2.45) is 5.73 Å². The molecule has 0 aliphatic rings. The summed E-state index contributed by atoms with van der Waals surface area (Å²) in [6, 6.07) is 12.4. The minimum Gasteiger partial charge on any atom is -0.353 e. The molecule has 3 rings (SSSR count). The topological polar surface area (TPSA) is 41.8 Å². The van der Waals surface area contributed by atoms with E-state index in [0.717, 1.165) is 41.4 Å². The van der Waals surface area contributed by atoms with Crippen molar-refractivity contribution in [1.29, 1.82) is 0 Å². The molecule has 0 aliphatic carbocycles. The maximum Gasteiger partial charge on any atom is 0.123 e. The van der Waals surface area contributed by atoms with E-state index in [0.29, 0.717) is 11.6 Å². The summed E-state index contributed by atoms with van der Waals surface area (Å²) in [7, 11) is 0. The van der Waals surface area contributed by atoms with Crippen LogP contribution in [0.2, 0.25) is 5.02 Å². The Morgan fingerprint density at radius 1 is 1.05 bits per heavy atom. The van der Waals surface area contributed by atoms with E-state index in [9.17, 15) is 4.39 Å². The van der Waals surface area contributed by atoms with E-state index in [4.69, 9.17) is 17.3 Å². The van der Waals surface area contributed by atoms with Gasteiger partial charge in [-0.05, 0) is 67.3 Å². The molecule has 0 spiro atoms. The van der Waals surface area contributed by atoms with E-state index in [-0.39, 0.29) is 5.82 Å². The molecule has 0 aliphatic heterocycles. The first-order chi connectivity index (χ1) is 10.7. The van der Waals surface area contributed by atoms with Crippen LogP contribution in [-0.4, -0.2) is 11.5 Å². The van der Waals surface area contributed by atoms with Gasteiger partial charge in [-0.15, -0.1) is 0 Å². The Morgan fingerprint density at radius 2 is 1.82 bits per heavy atom. The number of H-pyrrole nitrogens is 1. The summed E-state index contributed by atoms with van der Waals surface area (Å²) in [5.74, 6) is -0.234. The third-order valence-corrected chi connectivity index (χ3v) is 4.22. The van der Waals surface area contributed by atoms with E-state index < -0.39 is 0 Å².